The van der Waals surface area contributed by atoms with E-state index in [1.165, 1.54) is 6.20 Å². The van der Waals surface area contributed by atoms with Crippen LogP contribution in [0, 0.1) is 6.92 Å². The Balaban J connectivity index is 2.14. The number of aromatic hydroxyl groups is 1. The first kappa shape index (κ1) is 16.9. The summed E-state index contributed by atoms with van der Waals surface area (Å²) in [6.45, 7) is 1.24. The SMILES string of the molecule is Cc1ncc(CO)c(/C=N\NS(=O)(=O)Cc2ccccc2)c1O. The summed E-state index contributed by atoms with van der Waals surface area (Å²) in [5.41, 5.74) is 1.56. The number of aryl methyl sites for hydroxylation is 1. The minimum absolute atomic E-state index is 0.150. The van der Waals surface area contributed by atoms with Crippen LogP contribution in [0.5, 0.6) is 5.75 Å². The Morgan fingerprint density at radius 2 is 2.00 bits per heavy atom. The third kappa shape index (κ3) is 4.51. The predicted octanol–water partition coefficient (Wildman–Crippen LogP) is 1.04. The van der Waals surface area contributed by atoms with Crippen molar-refractivity contribution < 1.29 is 18.6 Å². The van der Waals surface area contributed by atoms with Gasteiger partial charge >= 0.3 is 0 Å². The number of aliphatic hydroxyl groups excluding tert-OH is 1. The van der Waals surface area contributed by atoms with Crippen LogP contribution >= 0.6 is 0 Å². The van der Waals surface area contributed by atoms with E-state index in [0.29, 0.717) is 16.8 Å². The zero-order valence-electron chi connectivity index (χ0n) is 12.5. The summed E-state index contributed by atoms with van der Waals surface area (Å²) in [7, 11) is -3.65. The maximum absolute atomic E-state index is 11.9. The summed E-state index contributed by atoms with van der Waals surface area (Å²) >= 11 is 0. The van der Waals surface area contributed by atoms with Crippen molar-refractivity contribution in [3.05, 3.63) is 58.9 Å². The fourth-order valence-electron chi connectivity index (χ4n) is 1.92. The molecule has 0 unspecified atom stereocenters. The van der Waals surface area contributed by atoms with Gasteiger partial charge in [0.05, 0.1) is 24.3 Å². The zero-order chi connectivity index (χ0) is 16.9. The van der Waals surface area contributed by atoms with Crippen LogP contribution in [0.15, 0.2) is 41.6 Å². The summed E-state index contributed by atoms with van der Waals surface area (Å²) in [5, 5.41) is 22.8. The van der Waals surface area contributed by atoms with Gasteiger partial charge in [-0.25, -0.2) is 13.2 Å². The zero-order valence-corrected chi connectivity index (χ0v) is 13.3. The van der Waals surface area contributed by atoms with Gasteiger partial charge in [0.25, 0.3) is 10.0 Å². The lowest BCUT2D eigenvalue weighted by atomic mass is 10.1. The summed E-state index contributed by atoms with van der Waals surface area (Å²) in [6.07, 6.45) is 2.55. The molecular weight excluding hydrogens is 318 g/mol. The molecule has 0 aliphatic carbocycles. The number of hydrogen-bond acceptors (Lipinski definition) is 6. The van der Waals surface area contributed by atoms with Gasteiger partial charge in [0.2, 0.25) is 0 Å². The van der Waals surface area contributed by atoms with Gasteiger partial charge in [-0.15, -0.1) is 0 Å². The first-order valence-corrected chi connectivity index (χ1v) is 8.43. The van der Waals surface area contributed by atoms with Gasteiger partial charge in [-0.2, -0.15) is 5.10 Å². The number of sulfonamides is 1. The van der Waals surface area contributed by atoms with Gasteiger partial charge in [-0.1, -0.05) is 30.3 Å². The molecule has 2 aromatic rings. The highest BCUT2D eigenvalue weighted by atomic mass is 32.2. The van der Waals surface area contributed by atoms with E-state index >= 15 is 0 Å². The van der Waals surface area contributed by atoms with Crippen molar-refractivity contribution in [1.82, 2.24) is 9.82 Å². The van der Waals surface area contributed by atoms with Gasteiger partial charge < -0.3 is 10.2 Å². The lowest BCUT2D eigenvalue weighted by molar-refractivity contribution is 0.280. The molecule has 1 aromatic carbocycles. The average Bonchev–Trinajstić information content (AvgIpc) is 2.52. The molecule has 8 heteroatoms. The van der Waals surface area contributed by atoms with Crippen molar-refractivity contribution in [2.45, 2.75) is 19.3 Å². The predicted molar refractivity (Wildman–Crippen MR) is 86.4 cm³/mol. The molecule has 1 aromatic heterocycles. The van der Waals surface area contributed by atoms with Crippen LogP contribution in [-0.4, -0.2) is 29.8 Å². The Morgan fingerprint density at radius 3 is 2.65 bits per heavy atom. The number of rotatable bonds is 6. The van der Waals surface area contributed by atoms with Crippen molar-refractivity contribution in [1.29, 1.82) is 0 Å². The quantitative estimate of drug-likeness (QED) is 0.539. The maximum atomic E-state index is 11.9. The molecule has 0 fully saturated rings. The van der Waals surface area contributed by atoms with Crippen molar-refractivity contribution in [2.75, 3.05) is 0 Å². The molecule has 0 atom stereocenters. The van der Waals surface area contributed by atoms with E-state index in [9.17, 15) is 18.6 Å². The highest BCUT2D eigenvalue weighted by Gasteiger charge is 2.12. The smallest absolute Gasteiger partial charge is 0.251 e. The highest BCUT2D eigenvalue weighted by molar-refractivity contribution is 7.88. The number of benzene rings is 1. The normalized spacial score (nSPS) is 11.7. The number of hydrogen-bond donors (Lipinski definition) is 3. The molecule has 0 amide bonds. The van der Waals surface area contributed by atoms with Gasteiger partial charge in [0.1, 0.15) is 5.75 Å². The molecule has 0 bridgehead atoms. The Kier molecular flexibility index (Phi) is 5.30. The third-order valence-corrected chi connectivity index (χ3v) is 4.21. The van der Waals surface area contributed by atoms with Gasteiger partial charge in [0, 0.05) is 17.3 Å². The molecule has 0 radical (unpaired) electrons. The largest absolute Gasteiger partial charge is 0.505 e. The van der Waals surface area contributed by atoms with Gasteiger partial charge in [-0.05, 0) is 12.5 Å². The fraction of sp³-hybridized carbons (Fsp3) is 0.200. The van der Waals surface area contributed by atoms with Crippen LogP contribution < -0.4 is 4.83 Å². The molecule has 0 spiro atoms. The molecule has 0 saturated carbocycles. The second-order valence-corrected chi connectivity index (χ2v) is 6.58. The van der Waals surface area contributed by atoms with Crippen LogP contribution in [0.1, 0.15) is 22.4 Å². The van der Waals surface area contributed by atoms with E-state index in [1.54, 1.807) is 37.3 Å². The first-order chi connectivity index (χ1) is 10.9. The fourth-order valence-corrected chi connectivity index (χ4v) is 2.83. The molecule has 2 rings (SSSR count). The molecule has 0 aliphatic heterocycles. The highest BCUT2D eigenvalue weighted by Crippen LogP contribution is 2.21. The van der Waals surface area contributed by atoms with Crippen molar-refractivity contribution in [3.8, 4) is 5.75 Å². The number of aromatic nitrogens is 1. The maximum Gasteiger partial charge on any atom is 0.251 e. The molecule has 23 heavy (non-hydrogen) atoms. The molecule has 122 valence electrons. The second-order valence-electron chi connectivity index (χ2n) is 4.88. The monoisotopic (exact) mass is 335 g/mol. The van der Waals surface area contributed by atoms with Crippen LogP contribution in [0.3, 0.4) is 0 Å². The van der Waals surface area contributed by atoms with Crippen LogP contribution in [-0.2, 0) is 22.4 Å². The molecule has 7 nitrogen and oxygen atoms in total. The van der Waals surface area contributed by atoms with Crippen molar-refractivity contribution in [2.24, 2.45) is 5.10 Å². The molecular formula is C15H17N3O4S. The minimum Gasteiger partial charge on any atom is -0.505 e. The van der Waals surface area contributed by atoms with E-state index < -0.39 is 10.0 Å². The van der Waals surface area contributed by atoms with Gasteiger partial charge in [-0.3, -0.25) is 4.98 Å². The standard InChI is InChI=1S/C15H17N3O4S/c1-11-15(20)14(13(9-19)7-16-11)8-17-18-23(21,22)10-12-5-3-2-4-6-12/h2-8,18-20H,9-10H2,1H3/b17-8-. The lowest BCUT2D eigenvalue weighted by Gasteiger charge is -2.07. The Labute approximate surface area is 134 Å². The lowest BCUT2D eigenvalue weighted by Crippen LogP contribution is -2.20. The third-order valence-electron chi connectivity index (χ3n) is 3.11. The molecule has 0 saturated heterocycles. The molecule has 3 N–H and O–H groups in total. The van der Waals surface area contributed by atoms with E-state index in [1.807, 2.05) is 0 Å². The summed E-state index contributed by atoms with van der Waals surface area (Å²) in [4.78, 5) is 5.99. The van der Waals surface area contributed by atoms with Crippen LogP contribution in [0.4, 0.5) is 0 Å². The number of nitrogens with one attached hydrogen (secondary N) is 1. The number of pyridine rings is 1. The number of nitrogens with zero attached hydrogens (tertiary/aromatic N) is 2. The Bertz CT molecular complexity index is 805. The Hall–Kier alpha value is -2.45. The topological polar surface area (TPSA) is 112 Å². The van der Waals surface area contributed by atoms with Crippen molar-refractivity contribution in [3.63, 3.8) is 0 Å². The van der Waals surface area contributed by atoms with Gasteiger partial charge in [0.15, 0.2) is 0 Å². The van der Waals surface area contributed by atoms with E-state index in [-0.39, 0.29) is 23.7 Å². The molecule has 0 aliphatic rings. The average molecular weight is 335 g/mol. The van der Waals surface area contributed by atoms with E-state index in [4.69, 9.17) is 0 Å². The van der Waals surface area contributed by atoms with Crippen molar-refractivity contribution >= 4 is 16.2 Å². The van der Waals surface area contributed by atoms with E-state index in [2.05, 4.69) is 14.9 Å². The minimum atomic E-state index is -3.65. The summed E-state index contributed by atoms with van der Waals surface area (Å²) < 4.78 is 23.9. The van der Waals surface area contributed by atoms with E-state index in [0.717, 1.165) is 6.21 Å². The second kappa shape index (κ2) is 7.21. The number of hydrazone groups is 1. The summed E-state index contributed by atoms with van der Waals surface area (Å²) in [6, 6.07) is 8.70. The first-order valence-electron chi connectivity index (χ1n) is 6.77. The molecule has 1 heterocycles. The van der Waals surface area contributed by atoms with Crippen LogP contribution in [0.25, 0.3) is 0 Å². The van der Waals surface area contributed by atoms with Crippen LogP contribution in [0.2, 0.25) is 0 Å². The number of aliphatic hydroxyl groups is 1. The Morgan fingerprint density at radius 1 is 1.30 bits per heavy atom. The summed E-state index contributed by atoms with van der Waals surface area (Å²) in [5.74, 6) is -0.359.